The van der Waals surface area contributed by atoms with Crippen molar-refractivity contribution in [2.24, 2.45) is 0 Å². The quantitative estimate of drug-likeness (QED) is 0.488. The van der Waals surface area contributed by atoms with Crippen LogP contribution in [0.25, 0.3) is 10.9 Å². The Morgan fingerprint density at radius 1 is 1.00 bits per heavy atom. The fraction of sp³-hybridized carbons (Fsp3) is 0. The van der Waals surface area contributed by atoms with E-state index >= 15 is 0 Å². The Labute approximate surface area is 136 Å². The SMILES string of the molecule is O=S(=O)(Oc1cccc(I)c1)c1cccc2cccnc12. The number of hydrogen-bond acceptors (Lipinski definition) is 4. The summed E-state index contributed by atoms with van der Waals surface area (Å²) in [6.07, 6.45) is 1.56. The molecule has 0 fully saturated rings. The van der Waals surface area contributed by atoms with Crippen LogP contribution in [0.4, 0.5) is 0 Å². The summed E-state index contributed by atoms with van der Waals surface area (Å²) in [5.74, 6) is 0.287. The van der Waals surface area contributed by atoms with Gasteiger partial charge in [0.1, 0.15) is 10.6 Å². The van der Waals surface area contributed by atoms with Crippen LogP contribution in [0, 0.1) is 3.57 Å². The minimum atomic E-state index is -3.92. The maximum atomic E-state index is 12.5. The molecule has 0 aliphatic rings. The lowest BCUT2D eigenvalue weighted by Crippen LogP contribution is -2.10. The highest BCUT2D eigenvalue weighted by Gasteiger charge is 2.20. The van der Waals surface area contributed by atoms with Crippen molar-refractivity contribution in [3.63, 3.8) is 0 Å². The van der Waals surface area contributed by atoms with Crippen molar-refractivity contribution in [3.05, 3.63) is 64.4 Å². The van der Waals surface area contributed by atoms with Crippen LogP contribution >= 0.6 is 22.6 Å². The van der Waals surface area contributed by atoms with Crippen LogP contribution in [0.15, 0.2) is 65.7 Å². The molecule has 21 heavy (non-hydrogen) atoms. The number of benzene rings is 2. The van der Waals surface area contributed by atoms with Crippen LogP contribution in [0.3, 0.4) is 0 Å². The molecule has 106 valence electrons. The van der Waals surface area contributed by atoms with Gasteiger partial charge >= 0.3 is 10.1 Å². The third-order valence-electron chi connectivity index (χ3n) is 2.87. The minimum absolute atomic E-state index is 0.0689. The van der Waals surface area contributed by atoms with Gasteiger partial charge in [-0.25, -0.2) is 0 Å². The van der Waals surface area contributed by atoms with E-state index in [1.165, 1.54) is 6.07 Å². The lowest BCUT2D eigenvalue weighted by atomic mass is 10.2. The second-order valence-corrected chi connectivity index (χ2v) is 7.09. The number of rotatable bonds is 3. The van der Waals surface area contributed by atoms with E-state index in [4.69, 9.17) is 4.18 Å². The molecular weight excluding hydrogens is 401 g/mol. The van der Waals surface area contributed by atoms with Crippen molar-refractivity contribution in [2.45, 2.75) is 4.90 Å². The van der Waals surface area contributed by atoms with Gasteiger partial charge in [-0.15, -0.1) is 0 Å². The highest BCUT2D eigenvalue weighted by molar-refractivity contribution is 14.1. The molecule has 0 amide bonds. The van der Waals surface area contributed by atoms with Crippen LogP contribution in [-0.4, -0.2) is 13.4 Å². The second-order valence-electron chi connectivity index (χ2n) is 4.33. The Hall–Kier alpha value is -1.67. The molecule has 4 nitrogen and oxygen atoms in total. The first kappa shape index (κ1) is 14.3. The van der Waals surface area contributed by atoms with Gasteiger partial charge in [-0.3, -0.25) is 4.98 Å². The van der Waals surface area contributed by atoms with Gasteiger partial charge in [-0.05, 0) is 52.9 Å². The van der Waals surface area contributed by atoms with Crippen molar-refractivity contribution < 1.29 is 12.6 Å². The topological polar surface area (TPSA) is 56.3 Å². The summed E-state index contributed by atoms with van der Waals surface area (Å²) in [6, 6.07) is 15.4. The Morgan fingerprint density at radius 2 is 1.76 bits per heavy atom. The monoisotopic (exact) mass is 411 g/mol. The molecule has 2 aromatic carbocycles. The zero-order valence-electron chi connectivity index (χ0n) is 10.7. The number of fused-ring (bicyclic) bond motifs is 1. The first-order valence-corrected chi connectivity index (χ1v) is 8.59. The molecule has 6 heteroatoms. The summed E-state index contributed by atoms with van der Waals surface area (Å²) in [5, 5.41) is 0.754. The van der Waals surface area contributed by atoms with Gasteiger partial charge in [0.05, 0.1) is 5.52 Å². The second kappa shape index (κ2) is 5.61. The number of pyridine rings is 1. The summed E-state index contributed by atoms with van der Waals surface area (Å²) < 4.78 is 31.0. The molecule has 1 heterocycles. The molecule has 0 N–H and O–H groups in total. The third-order valence-corrected chi connectivity index (χ3v) is 4.82. The fourth-order valence-corrected chi connectivity index (χ4v) is 3.58. The predicted octanol–water partition coefficient (Wildman–Crippen LogP) is 3.61. The van der Waals surface area contributed by atoms with E-state index in [9.17, 15) is 8.42 Å². The lowest BCUT2D eigenvalue weighted by molar-refractivity contribution is 0.486. The zero-order chi connectivity index (χ0) is 14.9. The van der Waals surface area contributed by atoms with Crippen LogP contribution in [0.5, 0.6) is 5.75 Å². The van der Waals surface area contributed by atoms with E-state index in [0.717, 1.165) is 8.96 Å². The summed E-state index contributed by atoms with van der Waals surface area (Å²) in [4.78, 5) is 4.21. The van der Waals surface area contributed by atoms with Crippen molar-refractivity contribution in [2.75, 3.05) is 0 Å². The van der Waals surface area contributed by atoms with Crippen LogP contribution in [-0.2, 0) is 10.1 Å². The summed E-state index contributed by atoms with van der Waals surface area (Å²) in [5.41, 5.74) is 0.408. The van der Waals surface area contributed by atoms with Gasteiger partial charge in [0.15, 0.2) is 0 Å². The Bertz CT molecular complexity index is 904. The maximum Gasteiger partial charge on any atom is 0.341 e. The average molecular weight is 411 g/mol. The Balaban J connectivity index is 2.09. The van der Waals surface area contributed by atoms with Gasteiger partial charge < -0.3 is 4.18 Å². The van der Waals surface area contributed by atoms with Gasteiger partial charge in [-0.1, -0.05) is 24.3 Å². The van der Waals surface area contributed by atoms with Crippen molar-refractivity contribution in [1.29, 1.82) is 0 Å². The van der Waals surface area contributed by atoms with E-state index in [0.29, 0.717) is 5.52 Å². The average Bonchev–Trinajstić information content (AvgIpc) is 2.46. The van der Waals surface area contributed by atoms with Gasteiger partial charge in [0, 0.05) is 15.2 Å². The molecule has 0 aliphatic heterocycles. The molecule has 0 bridgehead atoms. The normalized spacial score (nSPS) is 11.5. The predicted molar refractivity (Wildman–Crippen MR) is 88.7 cm³/mol. The minimum Gasteiger partial charge on any atom is -0.379 e. The fourth-order valence-electron chi connectivity index (χ4n) is 1.97. The zero-order valence-corrected chi connectivity index (χ0v) is 13.7. The van der Waals surface area contributed by atoms with Crippen molar-refractivity contribution in [3.8, 4) is 5.75 Å². The first-order chi connectivity index (χ1) is 10.1. The molecule has 0 radical (unpaired) electrons. The molecule has 3 aromatic rings. The van der Waals surface area contributed by atoms with Crippen LogP contribution in [0.1, 0.15) is 0 Å². The molecule has 0 aliphatic carbocycles. The molecular formula is C15H10INO3S. The number of halogens is 1. The van der Waals surface area contributed by atoms with Crippen LogP contribution < -0.4 is 4.18 Å². The third kappa shape index (κ3) is 3.01. The van der Waals surface area contributed by atoms with Crippen molar-refractivity contribution in [1.82, 2.24) is 4.98 Å². The molecule has 0 atom stereocenters. The smallest absolute Gasteiger partial charge is 0.341 e. The van der Waals surface area contributed by atoms with E-state index in [1.807, 2.05) is 18.2 Å². The van der Waals surface area contributed by atoms with E-state index in [1.54, 1.807) is 36.5 Å². The molecule has 0 unspecified atom stereocenters. The highest BCUT2D eigenvalue weighted by Crippen LogP contribution is 2.25. The molecule has 0 spiro atoms. The molecule has 3 rings (SSSR count). The van der Waals surface area contributed by atoms with E-state index in [-0.39, 0.29) is 10.6 Å². The van der Waals surface area contributed by atoms with Crippen LogP contribution in [0.2, 0.25) is 0 Å². The Morgan fingerprint density at radius 3 is 2.57 bits per heavy atom. The lowest BCUT2D eigenvalue weighted by Gasteiger charge is -2.09. The molecule has 1 aromatic heterocycles. The van der Waals surface area contributed by atoms with E-state index in [2.05, 4.69) is 27.6 Å². The maximum absolute atomic E-state index is 12.5. The number of hydrogen-bond donors (Lipinski definition) is 0. The van der Waals surface area contributed by atoms with Gasteiger partial charge in [0.2, 0.25) is 0 Å². The highest BCUT2D eigenvalue weighted by atomic mass is 127. The van der Waals surface area contributed by atoms with Gasteiger partial charge in [0.25, 0.3) is 0 Å². The summed E-state index contributed by atoms with van der Waals surface area (Å²) in [6.45, 7) is 0. The summed E-state index contributed by atoms with van der Waals surface area (Å²) in [7, 11) is -3.92. The summed E-state index contributed by atoms with van der Waals surface area (Å²) >= 11 is 2.10. The number of para-hydroxylation sites is 1. The standard InChI is InChI=1S/C15H10INO3S/c16-12-6-2-7-13(10-12)20-21(18,19)14-8-1-4-11-5-3-9-17-15(11)14/h1-10H. The van der Waals surface area contributed by atoms with E-state index < -0.39 is 10.1 Å². The molecule has 0 saturated carbocycles. The van der Waals surface area contributed by atoms with Gasteiger partial charge in [-0.2, -0.15) is 8.42 Å². The Kier molecular flexibility index (Phi) is 3.81. The number of aromatic nitrogens is 1. The number of nitrogens with zero attached hydrogens (tertiary/aromatic N) is 1. The van der Waals surface area contributed by atoms with Crippen molar-refractivity contribution >= 4 is 43.6 Å². The largest absolute Gasteiger partial charge is 0.379 e. The first-order valence-electron chi connectivity index (χ1n) is 6.10. The molecule has 0 saturated heterocycles.